The lowest BCUT2D eigenvalue weighted by Gasteiger charge is -2.25. The highest BCUT2D eigenvalue weighted by Gasteiger charge is 2.32. The molecule has 6 nitrogen and oxygen atoms in total. The Balaban J connectivity index is 2.85. The lowest BCUT2D eigenvalue weighted by Crippen LogP contribution is -2.29. The van der Waals surface area contributed by atoms with Gasteiger partial charge in [0.05, 0.1) is 18.1 Å². The van der Waals surface area contributed by atoms with Gasteiger partial charge in [-0.2, -0.15) is 0 Å². The van der Waals surface area contributed by atoms with Crippen molar-refractivity contribution in [3.05, 3.63) is 46.3 Å². The number of aliphatic hydroxyl groups is 1. The van der Waals surface area contributed by atoms with Crippen molar-refractivity contribution in [1.29, 1.82) is 0 Å². The van der Waals surface area contributed by atoms with Gasteiger partial charge in [0.15, 0.2) is 0 Å². The maximum Gasteiger partial charge on any atom is 0.311 e. The fourth-order valence-electron chi connectivity index (χ4n) is 1.86. The number of rotatable bonds is 7. The normalized spacial score (nSPS) is 12.3. The second-order valence-electron chi connectivity index (χ2n) is 5.08. The highest BCUT2D eigenvalue weighted by Crippen LogP contribution is 2.33. The van der Waals surface area contributed by atoms with Gasteiger partial charge in [-0.1, -0.05) is 35.4 Å². The number of esters is 1. The molecule has 0 aromatic heterocycles. The molecule has 0 fully saturated rings. The predicted octanol–water partition coefficient (Wildman–Crippen LogP) is 2.99. The summed E-state index contributed by atoms with van der Waals surface area (Å²) in [7, 11) is 0. The van der Waals surface area contributed by atoms with E-state index < -0.39 is 17.4 Å². The van der Waals surface area contributed by atoms with E-state index in [1.807, 2.05) is 30.3 Å². The number of ether oxygens (including phenoxy) is 1. The van der Waals surface area contributed by atoms with Crippen LogP contribution in [0.1, 0.15) is 31.9 Å². The molecule has 1 rings (SSSR count). The largest absolute Gasteiger partial charge is 0.463 e. The summed E-state index contributed by atoms with van der Waals surface area (Å²) in [5, 5.41) is 12.4. The Morgan fingerprint density at radius 2 is 2.10 bits per heavy atom. The predicted molar refractivity (Wildman–Crippen MR) is 74.8 cm³/mol. The fourth-order valence-corrected chi connectivity index (χ4v) is 1.86. The average Bonchev–Trinajstić information content (AvgIpc) is 2.45. The third-order valence-electron chi connectivity index (χ3n) is 2.96. The van der Waals surface area contributed by atoms with Crippen molar-refractivity contribution in [2.45, 2.75) is 26.3 Å². The smallest absolute Gasteiger partial charge is 0.311 e. The average molecular weight is 277 g/mol. The van der Waals surface area contributed by atoms with Gasteiger partial charge in [0.1, 0.15) is 6.61 Å². The number of aliphatic hydroxyl groups excluding tert-OH is 1. The zero-order chi connectivity index (χ0) is 15.0. The van der Waals surface area contributed by atoms with Gasteiger partial charge in [-0.3, -0.25) is 4.79 Å². The summed E-state index contributed by atoms with van der Waals surface area (Å²) in [6, 6.07) is 8.86. The van der Waals surface area contributed by atoms with Crippen molar-refractivity contribution < 1.29 is 14.6 Å². The van der Waals surface area contributed by atoms with E-state index in [1.54, 1.807) is 13.8 Å². The van der Waals surface area contributed by atoms with Crippen molar-refractivity contribution >= 4 is 5.97 Å². The molecule has 108 valence electrons. The van der Waals surface area contributed by atoms with Gasteiger partial charge in [-0.15, -0.1) is 0 Å². The maximum atomic E-state index is 11.9. The molecule has 1 aromatic rings. The standard InChI is InChI=1S/C14H19N3O3/c1-14(2,13(19)20-9-8-18)10-12(16-17-15)11-6-4-3-5-7-11/h3-7,12,18H,8-10H2,1-2H3. The third-order valence-corrected chi connectivity index (χ3v) is 2.96. The highest BCUT2D eigenvalue weighted by molar-refractivity contribution is 5.76. The summed E-state index contributed by atoms with van der Waals surface area (Å²) >= 11 is 0. The number of nitrogens with zero attached hydrogens (tertiary/aromatic N) is 3. The van der Waals surface area contributed by atoms with Gasteiger partial charge in [0.25, 0.3) is 0 Å². The summed E-state index contributed by atoms with van der Waals surface area (Å²) in [5.74, 6) is -0.416. The molecule has 20 heavy (non-hydrogen) atoms. The number of carbonyl (C=O) groups is 1. The van der Waals surface area contributed by atoms with E-state index in [2.05, 4.69) is 10.0 Å². The molecule has 0 radical (unpaired) electrons. The van der Waals surface area contributed by atoms with Crippen LogP contribution in [-0.2, 0) is 9.53 Å². The molecule has 0 spiro atoms. The first-order chi connectivity index (χ1) is 9.51. The van der Waals surface area contributed by atoms with Crippen LogP contribution in [0.15, 0.2) is 35.4 Å². The van der Waals surface area contributed by atoms with Gasteiger partial charge in [0, 0.05) is 4.91 Å². The Hall–Kier alpha value is -2.04. The first-order valence-corrected chi connectivity index (χ1v) is 6.38. The molecular formula is C14H19N3O3. The second kappa shape index (κ2) is 7.53. The van der Waals surface area contributed by atoms with Crippen LogP contribution >= 0.6 is 0 Å². The van der Waals surface area contributed by atoms with Crippen LogP contribution in [0.4, 0.5) is 0 Å². The van der Waals surface area contributed by atoms with E-state index >= 15 is 0 Å². The van der Waals surface area contributed by atoms with Gasteiger partial charge in [-0.05, 0) is 31.4 Å². The number of hydrogen-bond acceptors (Lipinski definition) is 4. The van der Waals surface area contributed by atoms with Crippen LogP contribution in [0.5, 0.6) is 0 Å². The van der Waals surface area contributed by atoms with Crippen molar-refractivity contribution in [3.63, 3.8) is 0 Å². The van der Waals surface area contributed by atoms with E-state index in [1.165, 1.54) is 0 Å². The summed E-state index contributed by atoms with van der Waals surface area (Å²) in [6.45, 7) is 3.23. The quantitative estimate of drug-likeness (QED) is 0.359. The zero-order valence-electron chi connectivity index (χ0n) is 11.7. The van der Waals surface area contributed by atoms with Crippen molar-refractivity contribution in [3.8, 4) is 0 Å². The first-order valence-electron chi connectivity index (χ1n) is 6.38. The zero-order valence-corrected chi connectivity index (χ0v) is 11.7. The third kappa shape index (κ3) is 4.57. The summed E-state index contributed by atoms with van der Waals surface area (Å²) in [4.78, 5) is 14.8. The van der Waals surface area contributed by atoms with Gasteiger partial charge in [0.2, 0.25) is 0 Å². The number of hydrogen-bond donors (Lipinski definition) is 1. The minimum atomic E-state index is -0.802. The molecule has 0 bridgehead atoms. The van der Waals surface area contributed by atoms with E-state index in [0.717, 1.165) is 5.56 Å². The Labute approximate surface area is 118 Å². The summed E-state index contributed by atoms with van der Waals surface area (Å²) in [6.07, 6.45) is 0.339. The molecule has 6 heteroatoms. The number of benzene rings is 1. The molecule has 0 aliphatic carbocycles. The molecule has 1 N–H and O–H groups in total. The van der Waals surface area contributed by atoms with Gasteiger partial charge >= 0.3 is 5.97 Å². The van der Waals surface area contributed by atoms with Crippen molar-refractivity contribution in [2.24, 2.45) is 10.5 Å². The number of carbonyl (C=O) groups excluding carboxylic acids is 1. The monoisotopic (exact) mass is 277 g/mol. The molecule has 1 atom stereocenters. The van der Waals surface area contributed by atoms with E-state index in [-0.39, 0.29) is 13.2 Å². The fraction of sp³-hybridized carbons (Fsp3) is 0.500. The Morgan fingerprint density at radius 1 is 1.45 bits per heavy atom. The molecule has 0 saturated heterocycles. The van der Waals surface area contributed by atoms with E-state index in [4.69, 9.17) is 15.4 Å². The molecule has 1 aromatic carbocycles. The topological polar surface area (TPSA) is 95.3 Å². The summed E-state index contributed by atoms with van der Waals surface area (Å²) in [5.41, 5.74) is 8.74. The van der Waals surface area contributed by atoms with Crippen LogP contribution in [0.3, 0.4) is 0 Å². The van der Waals surface area contributed by atoms with Gasteiger partial charge in [-0.25, -0.2) is 0 Å². The molecule has 0 aliphatic heterocycles. The van der Waals surface area contributed by atoms with Crippen LogP contribution in [0.25, 0.3) is 10.4 Å². The van der Waals surface area contributed by atoms with Crippen molar-refractivity contribution in [1.82, 2.24) is 0 Å². The lowest BCUT2D eigenvalue weighted by atomic mass is 9.84. The molecule has 0 saturated carbocycles. The molecule has 0 amide bonds. The minimum Gasteiger partial charge on any atom is -0.463 e. The first kappa shape index (κ1) is 16.0. The van der Waals surface area contributed by atoms with E-state index in [0.29, 0.717) is 6.42 Å². The van der Waals surface area contributed by atoms with Gasteiger partial charge < -0.3 is 9.84 Å². The maximum absolute atomic E-state index is 11.9. The highest BCUT2D eigenvalue weighted by atomic mass is 16.5. The Kier molecular flexibility index (Phi) is 6.03. The van der Waals surface area contributed by atoms with Crippen LogP contribution in [-0.4, -0.2) is 24.3 Å². The van der Waals surface area contributed by atoms with Crippen molar-refractivity contribution in [2.75, 3.05) is 13.2 Å². The molecule has 0 heterocycles. The Morgan fingerprint density at radius 3 is 2.65 bits per heavy atom. The van der Waals surface area contributed by atoms with E-state index in [9.17, 15) is 4.79 Å². The molecule has 0 aliphatic rings. The number of azide groups is 1. The second-order valence-corrected chi connectivity index (χ2v) is 5.08. The van der Waals surface area contributed by atoms with Crippen LogP contribution in [0, 0.1) is 5.41 Å². The molecule has 1 unspecified atom stereocenters. The molecular weight excluding hydrogens is 258 g/mol. The summed E-state index contributed by atoms with van der Waals surface area (Å²) < 4.78 is 4.95. The van der Waals surface area contributed by atoms with Crippen LogP contribution < -0.4 is 0 Å². The lowest BCUT2D eigenvalue weighted by molar-refractivity contribution is -0.155. The minimum absolute atomic E-state index is 0.0280. The Bertz CT molecular complexity index is 482. The SMILES string of the molecule is CC(C)(CC(N=[N+]=[N-])c1ccccc1)C(=O)OCCO. The van der Waals surface area contributed by atoms with Crippen LogP contribution in [0.2, 0.25) is 0 Å².